The molecule has 7 nitrogen and oxygen atoms in total. The van der Waals surface area contributed by atoms with Crippen LogP contribution >= 0.6 is 11.3 Å². The minimum Gasteiger partial charge on any atom is -0.481 e. The Morgan fingerprint density at radius 2 is 2.04 bits per heavy atom. The van der Waals surface area contributed by atoms with Crippen molar-refractivity contribution in [2.75, 3.05) is 0 Å². The van der Waals surface area contributed by atoms with Crippen molar-refractivity contribution in [3.8, 4) is 11.3 Å². The molecule has 0 amide bonds. The molecule has 3 aromatic rings. The molecule has 23 heavy (non-hydrogen) atoms. The molecule has 3 rings (SSSR count). The molecule has 1 aromatic carbocycles. The Morgan fingerprint density at radius 1 is 1.26 bits per heavy atom. The Labute approximate surface area is 135 Å². The maximum atomic E-state index is 12.6. The molecular formula is C15H14N4O3S. The van der Waals surface area contributed by atoms with E-state index in [-0.39, 0.29) is 24.1 Å². The number of hydrogen-bond donors (Lipinski definition) is 1. The van der Waals surface area contributed by atoms with E-state index in [1.54, 1.807) is 0 Å². The van der Waals surface area contributed by atoms with Crippen molar-refractivity contribution in [1.29, 1.82) is 0 Å². The number of benzene rings is 1. The number of carboxylic acids is 1. The minimum atomic E-state index is -0.904. The van der Waals surface area contributed by atoms with Crippen LogP contribution in [0, 0.1) is 13.8 Å². The van der Waals surface area contributed by atoms with E-state index in [1.807, 2.05) is 32.0 Å². The molecule has 0 atom stereocenters. The lowest BCUT2D eigenvalue weighted by atomic mass is 10.0. The van der Waals surface area contributed by atoms with E-state index in [0.29, 0.717) is 15.5 Å². The summed E-state index contributed by atoms with van der Waals surface area (Å²) in [5, 5.41) is 21.5. The van der Waals surface area contributed by atoms with Gasteiger partial charge in [0.25, 0.3) is 0 Å². The van der Waals surface area contributed by atoms with Gasteiger partial charge in [0.1, 0.15) is 5.01 Å². The van der Waals surface area contributed by atoms with Crippen molar-refractivity contribution in [3.05, 3.63) is 44.7 Å². The lowest BCUT2D eigenvalue weighted by Gasteiger charge is -2.03. The van der Waals surface area contributed by atoms with Gasteiger partial charge < -0.3 is 5.11 Å². The monoisotopic (exact) mass is 330 g/mol. The molecule has 0 saturated carbocycles. The Hall–Kier alpha value is -2.61. The van der Waals surface area contributed by atoms with Gasteiger partial charge in [0, 0.05) is 12.0 Å². The number of aliphatic carboxylic acids is 1. The van der Waals surface area contributed by atoms with Crippen LogP contribution in [0.25, 0.3) is 16.2 Å². The fourth-order valence-corrected chi connectivity index (χ4v) is 2.97. The number of rotatable bonds is 4. The van der Waals surface area contributed by atoms with Crippen molar-refractivity contribution < 1.29 is 9.90 Å². The van der Waals surface area contributed by atoms with Crippen LogP contribution in [0.5, 0.6) is 0 Å². The Balaban J connectivity index is 2.06. The first-order valence-corrected chi connectivity index (χ1v) is 7.82. The van der Waals surface area contributed by atoms with Gasteiger partial charge in [0.15, 0.2) is 5.69 Å². The highest BCUT2D eigenvalue weighted by atomic mass is 32.1. The second-order valence-electron chi connectivity index (χ2n) is 5.24. The molecule has 0 aliphatic heterocycles. The maximum Gasteiger partial charge on any atom is 0.303 e. The average Bonchev–Trinajstić information content (AvgIpc) is 2.93. The third kappa shape index (κ3) is 2.98. The summed E-state index contributed by atoms with van der Waals surface area (Å²) in [5.74, 6) is -0.904. The number of hydrogen-bond acceptors (Lipinski definition) is 6. The fraction of sp³-hybridized carbons (Fsp3) is 0.267. The molecule has 0 aliphatic rings. The van der Waals surface area contributed by atoms with Crippen molar-refractivity contribution >= 4 is 22.3 Å². The zero-order valence-electron chi connectivity index (χ0n) is 12.6. The highest BCUT2D eigenvalue weighted by Crippen LogP contribution is 2.18. The SMILES string of the molecule is Cc1ccc(-c2nnc3sc(CCC(=O)O)nn3c2=O)cc1C. The van der Waals surface area contributed by atoms with Gasteiger partial charge in [-0.1, -0.05) is 23.5 Å². The zero-order valence-corrected chi connectivity index (χ0v) is 13.4. The van der Waals surface area contributed by atoms with Crippen LogP contribution < -0.4 is 5.56 Å². The first-order chi connectivity index (χ1) is 11.0. The van der Waals surface area contributed by atoms with Crippen LogP contribution in [0.15, 0.2) is 23.0 Å². The van der Waals surface area contributed by atoms with Crippen molar-refractivity contribution in [1.82, 2.24) is 19.8 Å². The van der Waals surface area contributed by atoms with E-state index in [4.69, 9.17) is 5.11 Å². The first kappa shape index (κ1) is 15.3. The summed E-state index contributed by atoms with van der Waals surface area (Å²) in [6.45, 7) is 3.96. The lowest BCUT2D eigenvalue weighted by Crippen LogP contribution is -2.19. The predicted molar refractivity (Wildman–Crippen MR) is 85.8 cm³/mol. The molecular weight excluding hydrogens is 316 g/mol. The number of aromatic nitrogens is 4. The third-order valence-corrected chi connectivity index (χ3v) is 4.52. The summed E-state index contributed by atoms with van der Waals surface area (Å²) in [7, 11) is 0. The summed E-state index contributed by atoms with van der Waals surface area (Å²) in [4.78, 5) is 23.6. The van der Waals surface area contributed by atoms with Crippen molar-refractivity contribution in [2.45, 2.75) is 26.7 Å². The van der Waals surface area contributed by atoms with E-state index in [0.717, 1.165) is 11.1 Å². The minimum absolute atomic E-state index is 0.0357. The third-order valence-electron chi connectivity index (χ3n) is 3.57. The molecule has 2 aromatic heterocycles. The predicted octanol–water partition coefficient (Wildman–Crippen LogP) is 1.85. The normalized spacial score (nSPS) is 11.0. The number of carbonyl (C=O) groups is 1. The quantitative estimate of drug-likeness (QED) is 0.784. The maximum absolute atomic E-state index is 12.6. The number of nitrogens with zero attached hydrogens (tertiary/aromatic N) is 4. The molecule has 0 bridgehead atoms. The van der Waals surface area contributed by atoms with E-state index in [9.17, 15) is 9.59 Å². The van der Waals surface area contributed by atoms with Crippen molar-refractivity contribution in [3.63, 3.8) is 0 Å². The zero-order chi connectivity index (χ0) is 16.6. The second-order valence-corrected chi connectivity index (χ2v) is 6.28. The topological polar surface area (TPSA) is 97.4 Å². The molecule has 0 unspecified atom stereocenters. The van der Waals surface area contributed by atoms with Gasteiger partial charge >= 0.3 is 11.5 Å². The summed E-state index contributed by atoms with van der Waals surface area (Å²) in [6, 6.07) is 5.66. The van der Waals surface area contributed by atoms with Gasteiger partial charge in [0.05, 0.1) is 6.42 Å². The van der Waals surface area contributed by atoms with Crippen LogP contribution in [-0.4, -0.2) is 30.9 Å². The summed E-state index contributed by atoms with van der Waals surface area (Å²) >= 11 is 1.18. The van der Waals surface area contributed by atoms with Crippen LogP contribution in [0.3, 0.4) is 0 Å². The van der Waals surface area contributed by atoms with E-state index >= 15 is 0 Å². The first-order valence-electron chi connectivity index (χ1n) is 7.00. The number of carboxylic acid groups (broad SMARTS) is 1. The van der Waals surface area contributed by atoms with Crippen LogP contribution in [0.4, 0.5) is 0 Å². The summed E-state index contributed by atoms with van der Waals surface area (Å²) in [5.41, 5.74) is 2.78. The smallest absolute Gasteiger partial charge is 0.303 e. The molecule has 0 spiro atoms. The molecule has 0 radical (unpaired) electrons. The van der Waals surface area contributed by atoms with E-state index in [1.165, 1.54) is 15.9 Å². The van der Waals surface area contributed by atoms with Crippen molar-refractivity contribution in [2.24, 2.45) is 0 Å². The summed E-state index contributed by atoms with van der Waals surface area (Å²) in [6.07, 6.45) is 0.230. The van der Waals surface area contributed by atoms with Gasteiger partial charge in [-0.2, -0.15) is 9.61 Å². The van der Waals surface area contributed by atoms with Crippen LogP contribution in [-0.2, 0) is 11.2 Å². The van der Waals surface area contributed by atoms with E-state index < -0.39 is 5.97 Å². The molecule has 8 heteroatoms. The number of fused-ring (bicyclic) bond motifs is 1. The Bertz CT molecular complexity index is 961. The van der Waals surface area contributed by atoms with Gasteiger partial charge in [-0.3, -0.25) is 9.59 Å². The van der Waals surface area contributed by atoms with Crippen LogP contribution in [0.1, 0.15) is 22.6 Å². The van der Waals surface area contributed by atoms with Crippen LogP contribution in [0.2, 0.25) is 0 Å². The standard InChI is InChI=1S/C15H14N4O3S/c1-8-3-4-10(7-9(8)2)13-14(22)19-15(17-16-13)23-11(18-19)5-6-12(20)21/h3-4,7H,5-6H2,1-2H3,(H,20,21). The average molecular weight is 330 g/mol. The fourth-order valence-electron chi connectivity index (χ4n) is 2.14. The van der Waals surface area contributed by atoms with E-state index in [2.05, 4.69) is 15.3 Å². The number of aryl methyl sites for hydroxylation is 3. The molecule has 2 heterocycles. The largest absolute Gasteiger partial charge is 0.481 e. The Morgan fingerprint density at radius 3 is 2.74 bits per heavy atom. The molecule has 1 N–H and O–H groups in total. The molecule has 118 valence electrons. The molecule has 0 fully saturated rings. The Kier molecular flexibility index (Phi) is 3.91. The lowest BCUT2D eigenvalue weighted by molar-refractivity contribution is -0.136. The molecule has 0 aliphatic carbocycles. The second kappa shape index (κ2) is 5.88. The van der Waals surface area contributed by atoms with Gasteiger partial charge in [-0.05, 0) is 31.0 Å². The highest BCUT2D eigenvalue weighted by molar-refractivity contribution is 7.16. The van der Waals surface area contributed by atoms with Gasteiger partial charge in [-0.15, -0.1) is 10.2 Å². The van der Waals surface area contributed by atoms with Gasteiger partial charge in [-0.25, -0.2) is 0 Å². The molecule has 0 saturated heterocycles. The highest BCUT2D eigenvalue weighted by Gasteiger charge is 2.14. The summed E-state index contributed by atoms with van der Waals surface area (Å²) < 4.78 is 1.19. The van der Waals surface area contributed by atoms with Gasteiger partial charge in [0.2, 0.25) is 4.96 Å².